The molecule has 0 aliphatic carbocycles. The van der Waals surface area contributed by atoms with E-state index in [1.54, 1.807) is 13.0 Å². The molecule has 3 rings (SSSR count). The fraction of sp³-hybridized carbons (Fsp3) is 0.190. The van der Waals surface area contributed by atoms with Gasteiger partial charge in [0, 0.05) is 4.90 Å². The molecule has 156 valence electrons. The number of rotatable bonds is 7. The molecule has 30 heavy (non-hydrogen) atoms. The summed E-state index contributed by atoms with van der Waals surface area (Å²) in [4.78, 5) is 20.6. The average molecular weight is 433 g/mol. The number of aromatic nitrogens is 2. The number of hydrogen-bond donors (Lipinski definition) is 1. The maximum Gasteiger partial charge on any atom is 0.446 e. The number of carbonyl (C=O) groups is 1. The molecule has 1 unspecified atom stereocenters. The van der Waals surface area contributed by atoms with E-state index in [1.165, 1.54) is 30.6 Å². The van der Waals surface area contributed by atoms with Crippen LogP contribution in [0.15, 0.2) is 71.9 Å². The number of nitrogens with zero attached hydrogens (tertiary/aromatic N) is 2. The van der Waals surface area contributed by atoms with Gasteiger partial charge in [0.25, 0.3) is 5.91 Å². The van der Waals surface area contributed by atoms with Crippen molar-refractivity contribution in [2.75, 3.05) is 0 Å². The summed E-state index contributed by atoms with van der Waals surface area (Å²) < 4.78 is 43.2. The molecular weight excluding hydrogens is 415 g/mol. The molecule has 0 fully saturated rings. The van der Waals surface area contributed by atoms with Crippen molar-refractivity contribution >= 4 is 17.7 Å². The highest BCUT2D eigenvalue weighted by atomic mass is 32.2. The lowest BCUT2D eigenvalue weighted by Crippen LogP contribution is -2.27. The van der Waals surface area contributed by atoms with E-state index in [9.17, 15) is 18.0 Å². The second kappa shape index (κ2) is 9.62. The second-order valence-electron chi connectivity index (χ2n) is 6.33. The predicted octanol–water partition coefficient (Wildman–Crippen LogP) is 5.16. The minimum absolute atomic E-state index is 0.0563. The Kier molecular flexibility index (Phi) is 6.94. The van der Waals surface area contributed by atoms with Gasteiger partial charge in [-0.2, -0.15) is 13.2 Å². The fourth-order valence-corrected chi connectivity index (χ4v) is 3.18. The van der Waals surface area contributed by atoms with Crippen LogP contribution in [0.4, 0.5) is 13.2 Å². The smallest absolute Gasteiger partial charge is 0.446 e. The maximum atomic E-state index is 12.6. The number of nitrogens with one attached hydrogen (secondary N) is 1. The van der Waals surface area contributed by atoms with Gasteiger partial charge < -0.3 is 10.1 Å². The Balaban J connectivity index is 1.58. The number of carbonyl (C=O) groups excluding carboxylic acids is 1. The van der Waals surface area contributed by atoms with Gasteiger partial charge in [-0.05, 0) is 41.9 Å². The summed E-state index contributed by atoms with van der Waals surface area (Å²) in [5, 5.41) is 2.71. The average Bonchev–Trinajstić information content (AvgIpc) is 2.72. The molecule has 2 aromatic carbocycles. The van der Waals surface area contributed by atoms with Gasteiger partial charge in [0.1, 0.15) is 12.3 Å². The molecule has 1 N–H and O–H groups in total. The summed E-state index contributed by atoms with van der Waals surface area (Å²) in [5.41, 5.74) is -2.77. The van der Waals surface area contributed by atoms with E-state index in [0.717, 1.165) is 5.56 Å². The first-order valence-electron chi connectivity index (χ1n) is 8.95. The highest BCUT2D eigenvalue weighted by molar-refractivity contribution is 8.00. The zero-order valence-electron chi connectivity index (χ0n) is 15.9. The monoisotopic (exact) mass is 433 g/mol. The van der Waals surface area contributed by atoms with Crippen molar-refractivity contribution in [1.82, 2.24) is 15.3 Å². The lowest BCUT2D eigenvalue weighted by atomic mass is 10.1. The maximum absolute atomic E-state index is 12.6. The van der Waals surface area contributed by atoms with Gasteiger partial charge in [0.2, 0.25) is 5.88 Å². The highest BCUT2D eigenvalue weighted by Crippen LogP contribution is 2.37. The van der Waals surface area contributed by atoms with Gasteiger partial charge in [-0.25, -0.2) is 9.97 Å². The van der Waals surface area contributed by atoms with Gasteiger partial charge in [-0.1, -0.05) is 42.5 Å². The van der Waals surface area contributed by atoms with Crippen molar-refractivity contribution in [1.29, 1.82) is 0 Å². The molecule has 3 aromatic rings. The quantitative estimate of drug-likeness (QED) is 0.522. The Morgan fingerprint density at radius 2 is 1.87 bits per heavy atom. The van der Waals surface area contributed by atoms with Crippen LogP contribution in [-0.2, 0) is 6.61 Å². The first-order chi connectivity index (χ1) is 14.3. The first kappa shape index (κ1) is 21.6. The van der Waals surface area contributed by atoms with Crippen LogP contribution in [-0.4, -0.2) is 21.4 Å². The zero-order valence-corrected chi connectivity index (χ0v) is 16.7. The van der Waals surface area contributed by atoms with E-state index >= 15 is 0 Å². The van der Waals surface area contributed by atoms with Crippen molar-refractivity contribution in [3.8, 4) is 5.88 Å². The molecule has 0 spiro atoms. The standard InChI is InChI=1S/C21H18F3N3O2S/c1-14(16-8-5-9-17(10-16)30-21(22,23)24)27-20(28)18-11-26-19(12-25-18)29-13-15-6-3-2-4-7-15/h2-12,14H,13H2,1H3,(H,27,28). The Bertz CT molecular complexity index is 983. The number of alkyl halides is 3. The van der Waals surface area contributed by atoms with Crippen LogP contribution >= 0.6 is 11.8 Å². The highest BCUT2D eigenvalue weighted by Gasteiger charge is 2.29. The van der Waals surface area contributed by atoms with Crippen molar-refractivity contribution < 1.29 is 22.7 Å². The predicted molar refractivity (Wildman–Crippen MR) is 107 cm³/mol. The lowest BCUT2D eigenvalue weighted by Gasteiger charge is -2.15. The molecule has 1 amide bonds. The summed E-state index contributed by atoms with van der Waals surface area (Å²) >= 11 is -0.197. The molecule has 1 heterocycles. The molecule has 5 nitrogen and oxygen atoms in total. The van der Waals surface area contributed by atoms with Crippen LogP contribution in [0.1, 0.15) is 34.6 Å². The molecule has 0 bridgehead atoms. The topological polar surface area (TPSA) is 64.1 Å². The normalized spacial score (nSPS) is 12.3. The van der Waals surface area contributed by atoms with E-state index < -0.39 is 17.5 Å². The van der Waals surface area contributed by atoms with Crippen LogP contribution in [0.25, 0.3) is 0 Å². The van der Waals surface area contributed by atoms with Crippen LogP contribution in [0, 0.1) is 0 Å². The van der Waals surface area contributed by atoms with E-state index in [1.807, 2.05) is 30.3 Å². The number of ether oxygens (including phenoxy) is 1. The number of benzene rings is 2. The Hall–Kier alpha value is -3.07. The van der Waals surface area contributed by atoms with E-state index in [4.69, 9.17) is 4.74 Å². The zero-order chi connectivity index (χ0) is 21.6. The molecule has 9 heteroatoms. The summed E-state index contributed by atoms with van der Waals surface area (Å²) in [5.74, 6) is -0.209. The molecule has 1 atom stereocenters. The van der Waals surface area contributed by atoms with Gasteiger partial charge in [0.05, 0.1) is 18.4 Å². The molecule has 0 saturated carbocycles. The molecule has 0 radical (unpaired) electrons. The minimum Gasteiger partial charge on any atom is -0.472 e. The minimum atomic E-state index is -4.37. The number of amides is 1. The SMILES string of the molecule is CC(NC(=O)c1cnc(OCc2ccccc2)cn1)c1cccc(SC(F)(F)F)c1. The summed E-state index contributed by atoms with van der Waals surface area (Å²) in [6.45, 7) is 2.00. The van der Waals surface area contributed by atoms with Crippen molar-refractivity contribution in [3.05, 3.63) is 83.8 Å². The van der Waals surface area contributed by atoms with Crippen LogP contribution in [0.3, 0.4) is 0 Å². The largest absolute Gasteiger partial charge is 0.472 e. The van der Waals surface area contributed by atoms with Crippen molar-refractivity contribution in [2.24, 2.45) is 0 Å². The summed E-state index contributed by atoms with van der Waals surface area (Å²) in [6.07, 6.45) is 2.64. The lowest BCUT2D eigenvalue weighted by molar-refractivity contribution is -0.0328. The van der Waals surface area contributed by atoms with E-state index in [0.29, 0.717) is 12.2 Å². The van der Waals surface area contributed by atoms with E-state index in [-0.39, 0.29) is 28.2 Å². The summed E-state index contributed by atoms with van der Waals surface area (Å²) in [6, 6.07) is 15.0. The molecule has 0 aliphatic heterocycles. The first-order valence-corrected chi connectivity index (χ1v) is 9.77. The summed E-state index contributed by atoms with van der Waals surface area (Å²) in [7, 11) is 0. The molecular formula is C21H18F3N3O2S. The Morgan fingerprint density at radius 1 is 1.10 bits per heavy atom. The number of halogens is 3. The number of thioether (sulfide) groups is 1. The van der Waals surface area contributed by atoms with Gasteiger partial charge in [0.15, 0.2) is 0 Å². The van der Waals surface area contributed by atoms with E-state index in [2.05, 4.69) is 15.3 Å². The van der Waals surface area contributed by atoms with Crippen LogP contribution in [0.5, 0.6) is 5.88 Å². The van der Waals surface area contributed by atoms with Gasteiger partial charge >= 0.3 is 5.51 Å². The Labute approximate surface area is 175 Å². The molecule has 1 aromatic heterocycles. The number of hydrogen-bond acceptors (Lipinski definition) is 5. The molecule has 0 aliphatic rings. The Morgan fingerprint density at radius 3 is 2.53 bits per heavy atom. The fourth-order valence-electron chi connectivity index (χ4n) is 2.57. The van der Waals surface area contributed by atoms with Crippen LogP contribution < -0.4 is 10.1 Å². The van der Waals surface area contributed by atoms with Gasteiger partial charge in [-0.15, -0.1) is 0 Å². The van der Waals surface area contributed by atoms with Gasteiger partial charge in [-0.3, -0.25) is 4.79 Å². The van der Waals surface area contributed by atoms with Crippen molar-refractivity contribution in [2.45, 2.75) is 30.0 Å². The molecule has 0 saturated heterocycles. The van der Waals surface area contributed by atoms with Crippen LogP contribution in [0.2, 0.25) is 0 Å². The second-order valence-corrected chi connectivity index (χ2v) is 7.47. The van der Waals surface area contributed by atoms with Crippen molar-refractivity contribution in [3.63, 3.8) is 0 Å². The third-order valence-corrected chi connectivity index (χ3v) is 4.75. The third kappa shape index (κ3) is 6.48. The third-order valence-electron chi connectivity index (χ3n) is 4.03.